The molecule has 3 N–H and O–H groups in total. The summed E-state index contributed by atoms with van der Waals surface area (Å²) >= 11 is 0. The van der Waals surface area contributed by atoms with Crippen molar-refractivity contribution in [2.75, 3.05) is 11.2 Å². The summed E-state index contributed by atoms with van der Waals surface area (Å²) in [5.74, 6) is 0.00447. The van der Waals surface area contributed by atoms with E-state index < -0.39 is 0 Å². The maximum Gasteiger partial charge on any atom is 0.239 e. The van der Waals surface area contributed by atoms with E-state index in [1.54, 1.807) is 0 Å². The van der Waals surface area contributed by atoms with Gasteiger partial charge in [0.1, 0.15) is 0 Å². The second-order valence-corrected chi connectivity index (χ2v) is 4.73. The Hall–Kier alpha value is -2.23. The van der Waals surface area contributed by atoms with Crippen LogP contribution < -0.4 is 11.2 Å². The van der Waals surface area contributed by atoms with Crippen LogP contribution in [-0.2, 0) is 11.2 Å². The molecule has 1 amide bonds. The number of aromatic nitrogens is 1. The Kier molecular flexibility index (Phi) is 3.90. The van der Waals surface area contributed by atoms with Gasteiger partial charge >= 0.3 is 0 Å². The maximum atomic E-state index is 11.9. The number of nitrogen functional groups attached to an aromatic ring is 1. The molecule has 2 aromatic rings. The third-order valence-corrected chi connectivity index (χ3v) is 3.10. The van der Waals surface area contributed by atoms with Gasteiger partial charge in [-0.25, -0.2) is 0 Å². The number of carbonyl (C=O) groups is 1. The summed E-state index contributed by atoms with van der Waals surface area (Å²) in [6.07, 6.45) is 1.14. The maximum absolute atomic E-state index is 11.9. The molecule has 1 aromatic carbocycles. The molecule has 0 aliphatic rings. The third kappa shape index (κ3) is 3.37. The number of benzene rings is 1. The van der Waals surface area contributed by atoms with Crippen LogP contribution >= 0.6 is 0 Å². The second kappa shape index (κ2) is 5.61. The van der Waals surface area contributed by atoms with Gasteiger partial charge in [-0.3, -0.25) is 14.9 Å². The van der Waals surface area contributed by atoms with E-state index in [0.717, 1.165) is 22.6 Å². The molecule has 1 aromatic heterocycles. The molecular formula is C15H19N3O. The van der Waals surface area contributed by atoms with E-state index in [4.69, 9.17) is 5.73 Å². The van der Waals surface area contributed by atoms with Gasteiger partial charge in [0, 0.05) is 23.5 Å². The van der Waals surface area contributed by atoms with Crippen molar-refractivity contribution in [3.8, 4) is 0 Å². The van der Waals surface area contributed by atoms with Crippen LogP contribution in [0.1, 0.15) is 23.4 Å². The lowest BCUT2D eigenvalue weighted by Gasteiger charge is -2.11. The van der Waals surface area contributed by atoms with Crippen LogP contribution in [-0.4, -0.2) is 10.6 Å². The number of amides is 1. The molecule has 2 rings (SSSR count). The average Bonchev–Trinajstić information content (AvgIpc) is 2.68. The molecule has 0 radical (unpaired) electrons. The number of aryl methyl sites for hydroxylation is 3. The summed E-state index contributed by atoms with van der Waals surface area (Å²) in [7, 11) is 0. The van der Waals surface area contributed by atoms with Crippen LogP contribution in [0.4, 0.5) is 5.69 Å². The zero-order valence-electron chi connectivity index (χ0n) is 11.3. The minimum absolute atomic E-state index is 0.00447. The SMILES string of the molecule is Cc1ccc(C)n1NC(=O)CCc1cccc(N)c1. The van der Waals surface area contributed by atoms with Crippen LogP contribution in [0.25, 0.3) is 0 Å². The van der Waals surface area contributed by atoms with Gasteiger partial charge in [0.25, 0.3) is 0 Å². The first-order valence-corrected chi connectivity index (χ1v) is 6.35. The highest BCUT2D eigenvalue weighted by Gasteiger charge is 2.06. The Labute approximate surface area is 113 Å². The van der Waals surface area contributed by atoms with Gasteiger partial charge in [-0.2, -0.15) is 0 Å². The average molecular weight is 257 g/mol. The third-order valence-electron chi connectivity index (χ3n) is 3.10. The standard InChI is InChI=1S/C15H19N3O/c1-11-6-7-12(2)18(11)17-15(19)9-8-13-4-3-5-14(16)10-13/h3-7,10H,8-9,16H2,1-2H3,(H,17,19). The lowest BCUT2D eigenvalue weighted by atomic mass is 10.1. The predicted octanol–water partition coefficient (Wildman–Crippen LogP) is 2.39. The molecule has 1 heterocycles. The molecule has 0 unspecified atom stereocenters. The van der Waals surface area contributed by atoms with Crippen LogP contribution in [0.5, 0.6) is 0 Å². The second-order valence-electron chi connectivity index (χ2n) is 4.73. The van der Waals surface area contributed by atoms with Crippen molar-refractivity contribution in [1.82, 2.24) is 4.68 Å². The molecule has 4 nitrogen and oxygen atoms in total. The summed E-state index contributed by atoms with van der Waals surface area (Å²) in [4.78, 5) is 11.9. The zero-order chi connectivity index (χ0) is 13.8. The highest BCUT2D eigenvalue weighted by Crippen LogP contribution is 2.09. The van der Waals surface area contributed by atoms with Crippen molar-refractivity contribution in [3.63, 3.8) is 0 Å². The van der Waals surface area contributed by atoms with Gasteiger partial charge in [-0.05, 0) is 50.1 Å². The van der Waals surface area contributed by atoms with Gasteiger partial charge < -0.3 is 5.73 Å². The van der Waals surface area contributed by atoms with Crippen molar-refractivity contribution in [2.45, 2.75) is 26.7 Å². The molecule has 0 aliphatic carbocycles. The zero-order valence-corrected chi connectivity index (χ0v) is 11.3. The Morgan fingerprint density at radius 3 is 2.53 bits per heavy atom. The minimum atomic E-state index is 0.00447. The molecular weight excluding hydrogens is 238 g/mol. The molecule has 0 fully saturated rings. The van der Waals surface area contributed by atoms with Crippen LogP contribution in [0, 0.1) is 13.8 Å². The fourth-order valence-corrected chi connectivity index (χ4v) is 2.03. The van der Waals surface area contributed by atoms with Crippen molar-refractivity contribution in [2.24, 2.45) is 0 Å². The van der Waals surface area contributed by atoms with Crippen LogP contribution in [0.3, 0.4) is 0 Å². The number of carbonyl (C=O) groups excluding carboxylic acids is 1. The number of nitrogens with zero attached hydrogens (tertiary/aromatic N) is 1. The van der Waals surface area contributed by atoms with E-state index in [2.05, 4.69) is 5.43 Å². The Bertz CT molecular complexity index is 567. The lowest BCUT2D eigenvalue weighted by Crippen LogP contribution is -2.24. The highest BCUT2D eigenvalue weighted by molar-refractivity contribution is 5.84. The molecule has 0 aliphatic heterocycles. The van der Waals surface area contributed by atoms with Gasteiger partial charge in [-0.15, -0.1) is 0 Å². The molecule has 0 saturated carbocycles. The fourth-order valence-electron chi connectivity index (χ4n) is 2.03. The number of hydrogen-bond acceptors (Lipinski definition) is 2. The first kappa shape index (κ1) is 13.2. The van der Waals surface area contributed by atoms with E-state index in [9.17, 15) is 4.79 Å². The van der Waals surface area contributed by atoms with E-state index in [1.165, 1.54) is 0 Å². The minimum Gasteiger partial charge on any atom is -0.399 e. The Balaban J connectivity index is 1.92. The molecule has 0 spiro atoms. The summed E-state index contributed by atoms with van der Waals surface area (Å²) in [5, 5.41) is 0. The molecule has 19 heavy (non-hydrogen) atoms. The van der Waals surface area contributed by atoms with Crippen molar-refractivity contribution >= 4 is 11.6 Å². The van der Waals surface area contributed by atoms with E-state index >= 15 is 0 Å². The Morgan fingerprint density at radius 1 is 1.21 bits per heavy atom. The summed E-state index contributed by atoms with van der Waals surface area (Å²) in [6, 6.07) is 11.6. The number of hydrogen-bond donors (Lipinski definition) is 2. The quantitative estimate of drug-likeness (QED) is 0.826. The summed E-state index contributed by atoms with van der Waals surface area (Å²) in [6.45, 7) is 3.93. The van der Waals surface area contributed by atoms with Crippen LogP contribution in [0.2, 0.25) is 0 Å². The summed E-state index contributed by atoms with van der Waals surface area (Å²) in [5.41, 5.74) is 12.5. The van der Waals surface area contributed by atoms with Gasteiger partial charge in [0.2, 0.25) is 5.91 Å². The Morgan fingerprint density at radius 2 is 1.89 bits per heavy atom. The number of nitrogens with two attached hydrogens (primary N) is 1. The number of anilines is 1. The molecule has 0 atom stereocenters. The predicted molar refractivity (Wildman–Crippen MR) is 77.4 cm³/mol. The first-order chi connectivity index (χ1) is 9.06. The molecule has 0 saturated heterocycles. The highest BCUT2D eigenvalue weighted by atomic mass is 16.2. The van der Waals surface area contributed by atoms with Gasteiger partial charge in [-0.1, -0.05) is 12.1 Å². The molecule has 0 bridgehead atoms. The van der Waals surface area contributed by atoms with Crippen molar-refractivity contribution in [3.05, 3.63) is 53.3 Å². The van der Waals surface area contributed by atoms with Crippen LogP contribution in [0.15, 0.2) is 36.4 Å². The number of nitrogens with one attached hydrogen (secondary N) is 1. The molecule has 100 valence electrons. The smallest absolute Gasteiger partial charge is 0.239 e. The lowest BCUT2D eigenvalue weighted by molar-refractivity contribution is -0.117. The number of rotatable bonds is 4. The first-order valence-electron chi connectivity index (χ1n) is 6.35. The van der Waals surface area contributed by atoms with Gasteiger partial charge in [0.05, 0.1) is 0 Å². The van der Waals surface area contributed by atoms with Crippen molar-refractivity contribution < 1.29 is 4.79 Å². The summed E-state index contributed by atoms with van der Waals surface area (Å²) < 4.78 is 1.81. The monoisotopic (exact) mass is 257 g/mol. The normalized spacial score (nSPS) is 10.4. The fraction of sp³-hybridized carbons (Fsp3) is 0.267. The van der Waals surface area contributed by atoms with E-state index in [1.807, 2.05) is 54.9 Å². The largest absolute Gasteiger partial charge is 0.399 e. The van der Waals surface area contributed by atoms with E-state index in [-0.39, 0.29) is 5.91 Å². The molecule has 4 heteroatoms. The van der Waals surface area contributed by atoms with Gasteiger partial charge in [0.15, 0.2) is 0 Å². The topological polar surface area (TPSA) is 60.0 Å². The van der Waals surface area contributed by atoms with E-state index in [0.29, 0.717) is 12.8 Å². The van der Waals surface area contributed by atoms with Crippen molar-refractivity contribution in [1.29, 1.82) is 0 Å².